The molecular formula is C32H37F3N6O4. The number of nitrogens with zero attached hydrogens (tertiary/aromatic N) is 3. The Morgan fingerprint density at radius 3 is 2.64 bits per heavy atom. The number of amides is 1. The number of rotatable bonds is 12. The molecule has 240 valence electrons. The van der Waals surface area contributed by atoms with Crippen LogP contribution in [0.4, 0.5) is 24.5 Å². The van der Waals surface area contributed by atoms with Crippen molar-refractivity contribution in [2.75, 3.05) is 64.2 Å². The number of anilines is 2. The fraction of sp³-hybridized carbons (Fsp3) is 0.438. The number of fused-ring (bicyclic) bond motifs is 1. The van der Waals surface area contributed by atoms with E-state index >= 15 is 0 Å². The summed E-state index contributed by atoms with van der Waals surface area (Å²) in [5.41, 5.74) is 2.20. The van der Waals surface area contributed by atoms with Gasteiger partial charge in [-0.15, -0.1) is 0 Å². The van der Waals surface area contributed by atoms with Crippen LogP contribution in [0.5, 0.6) is 5.75 Å². The van der Waals surface area contributed by atoms with E-state index < -0.39 is 18.8 Å². The number of hydrogen-bond donors (Lipinski definition) is 4. The number of alkyl halides is 3. The van der Waals surface area contributed by atoms with Gasteiger partial charge in [0, 0.05) is 56.5 Å². The van der Waals surface area contributed by atoms with Crippen molar-refractivity contribution in [1.29, 1.82) is 5.26 Å². The Kier molecular flexibility index (Phi) is 11.5. The standard InChI is InChI=1S/C32H37F3N6O4/c1-37-31(43)22-8-9-28(30(17-22)45-16-12-36)38-13-4-5-24-18-26-27(6-3-7-29(26)41(24)21-32(33,34)35)39-23-10-14-40(15-11-23)19-25(42)20-44-2/h3,6-9,17-18,23,25,38-39,42H,10-11,13-16,19-21H2,1-2H3,(H,37,43). The zero-order valence-electron chi connectivity index (χ0n) is 25.2. The number of methoxy groups -OCH3 is 1. The van der Waals surface area contributed by atoms with E-state index in [2.05, 4.69) is 32.7 Å². The van der Waals surface area contributed by atoms with Crippen molar-refractivity contribution in [2.24, 2.45) is 0 Å². The predicted molar refractivity (Wildman–Crippen MR) is 165 cm³/mol. The van der Waals surface area contributed by atoms with Gasteiger partial charge in [-0.2, -0.15) is 18.4 Å². The van der Waals surface area contributed by atoms with Gasteiger partial charge in [-0.3, -0.25) is 4.79 Å². The van der Waals surface area contributed by atoms with Crippen molar-refractivity contribution in [2.45, 2.75) is 37.7 Å². The molecule has 4 N–H and O–H groups in total. The molecule has 4 rings (SSSR count). The summed E-state index contributed by atoms with van der Waals surface area (Å²) in [7, 11) is 3.05. The lowest BCUT2D eigenvalue weighted by Gasteiger charge is -2.34. The van der Waals surface area contributed by atoms with E-state index in [1.165, 1.54) is 17.7 Å². The van der Waals surface area contributed by atoms with E-state index in [1.807, 2.05) is 12.1 Å². The lowest BCUT2D eigenvalue weighted by atomic mass is 10.0. The number of nitrogens with one attached hydrogen (secondary N) is 3. The molecule has 1 amide bonds. The summed E-state index contributed by atoms with van der Waals surface area (Å²) in [5, 5.41) is 28.7. The fourth-order valence-electron chi connectivity index (χ4n) is 5.34. The Morgan fingerprint density at radius 1 is 1.18 bits per heavy atom. The maximum absolute atomic E-state index is 13.7. The number of aliphatic hydroxyl groups is 1. The second kappa shape index (κ2) is 15.5. The van der Waals surface area contributed by atoms with Crippen LogP contribution < -0.4 is 20.7 Å². The van der Waals surface area contributed by atoms with Crippen LogP contribution >= 0.6 is 0 Å². The van der Waals surface area contributed by atoms with E-state index in [4.69, 9.17) is 14.7 Å². The Hall–Kier alpha value is -4.43. The number of β-amino-alcohol motifs (C(OH)–C–C–N with tert-alkyl or cyclic N) is 1. The molecule has 1 aromatic heterocycles. The van der Waals surface area contributed by atoms with E-state index in [-0.39, 0.29) is 43.2 Å². The van der Waals surface area contributed by atoms with E-state index in [9.17, 15) is 23.1 Å². The summed E-state index contributed by atoms with van der Waals surface area (Å²) >= 11 is 0. The normalized spacial score (nSPS) is 14.7. The summed E-state index contributed by atoms with van der Waals surface area (Å²) in [6, 6.07) is 13.6. The molecular weight excluding hydrogens is 589 g/mol. The van der Waals surface area contributed by atoms with Crippen LogP contribution in [0.15, 0.2) is 42.5 Å². The van der Waals surface area contributed by atoms with Crippen LogP contribution in [-0.2, 0) is 11.3 Å². The molecule has 1 aliphatic heterocycles. The van der Waals surface area contributed by atoms with Crippen molar-refractivity contribution < 1.29 is 32.5 Å². The van der Waals surface area contributed by atoms with Gasteiger partial charge in [-0.1, -0.05) is 12.0 Å². The summed E-state index contributed by atoms with van der Waals surface area (Å²) in [4.78, 5) is 14.2. The van der Waals surface area contributed by atoms with Crippen molar-refractivity contribution >= 4 is 28.2 Å². The van der Waals surface area contributed by atoms with Gasteiger partial charge in [0.15, 0.2) is 6.61 Å². The van der Waals surface area contributed by atoms with Gasteiger partial charge in [0.1, 0.15) is 18.4 Å². The summed E-state index contributed by atoms with van der Waals surface area (Å²) in [6.45, 7) is 1.02. The number of nitriles is 1. The average molecular weight is 627 g/mol. The molecule has 1 fully saturated rings. The third-order valence-electron chi connectivity index (χ3n) is 7.41. The number of piperidine rings is 1. The van der Waals surface area contributed by atoms with E-state index in [0.717, 1.165) is 31.6 Å². The van der Waals surface area contributed by atoms with Crippen molar-refractivity contribution in [3.8, 4) is 23.7 Å². The quantitative estimate of drug-likeness (QED) is 0.224. The van der Waals surface area contributed by atoms with Gasteiger partial charge < -0.3 is 40.0 Å². The van der Waals surface area contributed by atoms with Crippen LogP contribution in [0, 0.1) is 23.2 Å². The largest absolute Gasteiger partial charge is 0.477 e. The van der Waals surface area contributed by atoms with Gasteiger partial charge >= 0.3 is 6.18 Å². The fourth-order valence-corrected chi connectivity index (χ4v) is 5.34. The van der Waals surface area contributed by atoms with Crippen molar-refractivity contribution in [1.82, 2.24) is 14.8 Å². The molecule has 0 spiro atoms. The monoisotopic (exact) mass is 626 g/mol. The molecule has 2 heterocycles. The first-order valence-corrected chi connectivity index (χ1v) is 14.6. The molecule has 13 heteroatoms. The molecule has 1 unspecified atom stereocenters. The van der Waals surface area contributed by atoms with Crippen LogP contribution in [0.3, 0.4) is 0 Å². The van der Waals surface area contributed by atoms with Gasteiger partial charge in [0.05, 0.1) is 36.2 Å². The van der Waals surface area contributed by atoms with Gasteiger partial charge in [-0.05, 0) is 55.2 Å². The molecule has 0 saturated carbocycles. The number of carbonyl (C=O) groups excluding carboxylic acids is 1. The molecule has 10 nitrogen and oxygen atoms in total. The van der Waals surface area contributed by atoms with Gasteiger partial charge in [-0.25, -0.2) is 0 Å². The first-order chi connectivity index (χ1) is 21.6. The number of carbonyl (C=O) groups is 1. The Morgan fingerprint density at radius 2 is 1.96 bits per heavy atom. The number of hydrogen-bond acceptors (Lipinski definition) is 8. The molecule has 1 aliphatic rings. The first kappa shape index (κ1) is 33.5. The Balaban J connectivity index is 1.52. The maximum atomic E-state index is 13.7. The molecule has 45 heavy (non-hydrogen) atoms. The minimum absolute atomic E-state index is 0.0680. The lowest BCUT2D eigenvalue weighted by Crippen LogP contribution is -2.43. The minimum Gasteiger partial charge on any atom is -0.477 e. The smallest absolute Gasteiger partial charge is 0.406 e. The Bertz CT molecular complexity index is 1570. The highest BCUT2D eigenvalue weighted by Crippen LogP contribution is 2.31. The Labute approximate surface area is 260 Å². The highest BCUT2D eigenvalue weighted by molar-refractivity contribution is 5.95. The zero-order valence-corrected chi connectivity index (χ0v) is 25.2. The first-order valence-electron chi connectivity index (χ1n) is 14.6. The molecule has 3 aromatic rings. The minimum atomic E-state index is -4.45. The second-order valence-electron chi connectivity index (χ2n) is 10.7. The number of halogens is 3. The SMILES string of the molecule is CNC(=O)c1ccc(NCC#Cc2cc3c(NC4CCN(CC(O)COC)CC4)cccc3n2CC(F)(F)F)c(OCC#N)c1. The molecule has 0 aliphatic carbocycles. The predicted octanol–water partition coefficient (Wildman–Crippen LogP) is 3.81. The van der Waals surface area contributed by atoms with E-state index in [0.29, 0.717) is 28.7 Å². The van der Waals surface area contributed by atoms with Crippen LogP contribution in [-0.4, -0.2) is 92.4 Å². The lowest BCUT2D eigenvalue weighted by molar-refractivity contribution is -0.140. The van der Waals surface area contributed by atoms with Crippen LogP contribution in [0.2, 0.25) is 0 Å². The topological polar surface area (TPSA) is 124 Å². The second-order valence-corrected chi connectivity index (χ2v) is 10.7. The number of aliphatic hydroxyl groups excluding tert-OH is 1. The molecule has 1 atom stereocenters. The molecule has 1 saturated heterocycles. The van der Waals surface area contributed by atoms with E-state index in [1.54, 1.807) is 37.4 Å². The third-order valence-corrected chi connectivity index (χ3v) is 7.41. The third kappa shape index (κ3) is 9.28. The maximum Gasteiger partial charge on any atom is 0.406 e. The number of ether oxygens (including phenoxy) is 2. The molecule has 0 bridgehead atoms. The molecule has 2 aromatic carbocycles. The highest BCUT2D eigenvalue weighted by atomic mass is 19.4. The van der Waals surface area contributed by atoms with Gasteiger partial charge in [0.2, 0.25) is 0 Å². The van der Waals surface area contributed by atoms with Crippen molar-refractivity contribution in [3.05, 3.63) is 53.7 Å². The number of likely N-dealkylation sites (tertiary alicyclic amines) is 1. The zero-order chi connectivity index (χ0) is 32.4. The van der Waals surface area contributed by atoms with Crippen molar-refractivity contribution in [3.63, 3.8) is 0 Å². The summed E-state index contributed by atoms with van der Waals surface area (Å²) in [6.07, 6.45) is -3.36. The number of benzene rings is 2. The highest BCUT2D eigenvalue weighted by Gasteiger charge is 2.30. The van der Waals surface area contributed by atoms with Crippen LogP contribution in [0.1, 0.15) is 28.9 Å². The summed E-state index contributed by atoms with van der Waals surface area (Å²) < 4.78 is 52.6. The average Bonchev–Trinajstić information content (AvgIpc) is 3.35. The van der Waals surface area contributed by atoms with Crippen LogP contribution in [0.25, 0.3) is 10.9 Å². The number of aromatic nitrogens is 1. The van der Waals surface area contributed by atoms with Gasteiger partial charge in [0.25, 0.3) is 5.91 Å². The summed E-state index contributed by atoms with van der Waals surface area (Å²) in [5.74, 6) is 5.74. The molecule has 0 radical (unpaired) electrons.